The summed E-state index contributed by atoms with van der Waals surface area (Å²) in [5.41, 5.74) is 2.68. The van der Waals surface area contributed by atoms with Crippen LogP contribution in [0.1, 0.15) is 12.0 Å². The molecule has 0 radical (unpaired) electrons. The standard InChI is InChI=1S/C16H27N3O/c1-18(2)16-6-4-15(5-7-16)14-17-8-3-9-19-10-12-20-13-11-19/h4-7,17H,3,8-14H2,1-2H3/p+2. The summed E-state index contributed by atoms with van der Waals surface area (Å²) < 4.78 is 5.38. The number of morpholine rings is 1. The topological polar surface area (TPSA) is 33.5 Å². The number of nitrogens with one attached hydrogen (secondary N) is 1. The van der Waals surface area contributed by atoms with Gasteiger partial charge in [0.15, 0.2) is 0 Å². The number of quaternary nitrogens is 2. The van der Waals surface area contributed by atoms with Crippen molar-refractivity contribution in [2.75, 3.05) is 58.4 Å². The highest BCUT2D eigenvalue weighted by Crippen LogP contribution is 2.11. The molecule has 4 heteroatoms. The van der Waals surface area contributed by atoms with Gasteiger partial charge >= 0.3 is 0 Å². The maximum absolute atomic E-state index is 5.38. The van der Waals surface area contributed by atoms with Crippen molar-refractivity contribution >= 4 is 5.69 Å². The van der Waals surface area contributed by atoms with Crippen molar-refractivity contribution < 1.29 is 15.0 Å². The van der Waals surface area contributed by atoms with Gasteiger partial charge in [0, 0.05) is 31.8 Å². The lowest BCUT2D eigenvalue weighted by molar-refractivity contribution is -0.909. The van der Waals surface area contributed by atoms with Crippen molar-refractivity contribution in [3.05, 3.63) is 29.8 Å². The largest absolute Gasteiger partial charge is 0.378 e. The Kier molecular flexibility index (Phi) is 6.30. The average molecular weight is 279 g/mol. The fourth-order valence-corrected chi connectivity index (χ4v) is 2.61. The summed E-state index contributed by atoms with van der Waals surface area (Å²) in [6.45, 7) is 7.86. The Morgan fingerprint density at radius 1 is 1.15 bits per heavy atom. The van der Waals surface area contributed by atoms with Gasteiger partial charge in [0.1, 0.15) is 19.6 Å². The molecule has 1 aliphatic heterocycles. The first-order valence-electron chi connectivity index (χ1n) is 7.75. The molecule has 0 saturated carbocycles. The molecule has 1 aromatic rings. The third-order valence-electron chi connectivity index (χ3n) is 3.97. The number of hydrogen-bond donors (Lipinski definition) is 2. The molecule has 1 heterocycles. The van der Waals surface area contributed by atoms with E-state index in [1.807, 2.05) is 0 Å². The second-order valence-electron chi connectivity index (χ2n) is 5.81. The Morgan fingerprint density at radius 3 is 2.50 bits per heavy atom. The van der Waals surface area contributed by atoms with E-state index in [4.69, 9.17) is 4.74 Å². The Balaban J connectivity index is 1.58. The number of benzene rings is 1. The van der Waals surface area contributed by atoms with Crippen LogP contribution < -0.4 is 15.1 Å². The number of anilines is 1. The molecule has 0 bridgehead atoms. The van der Waals surface area contributed by atoms with Crippen LogP contribution in [0.2, 0.25) is 0 Å². The average Bonchev–Trinajstić information content (AvgIpc) is 2.48. The van der Waals surface area contributed by atoms with Crippen molar-refractivity contribution in [1.29, 1.82) is 0 Å². The van der Waals surface area contributed by atoms with E-state index in [0.29, 0.717) is 0 Å². The summed E-state index contributed by atoms with van der Waals surface area (Å²) in [5, 5.41) is 2.42. The van der Waals surface area contributed by atoms with Gasteiger partial charge in [0.25, 0.3) is 0 Å². The zero-order valence-electron chi connectivity index (χ0n) is 12.9. The van der Waals surface area contributed by atoms with Gasteiger partial charge in [-0.05, 0) is 12.1 Å². The van der Waals surface area contributed by atoms with Crippen LogP contribution in [-0.4, -0.2) is 53.5 Å². The lowest BCUT2D eigenvalue weighted by atomic mass is 10.2. The van der Waals surface area contributed by atoms with Crippen molar-refractivity contribution in [2.45, 2.75) is 13.0 Å². The van der Waals surface area contributed by atoms with Gasteiger partial charge in [0.05, 0.1) is 26.3 Å². The number of ether oxygens (including phenoxy) is 1. The van der Waals surface area contributed by atoms with Gasteiger partial charge in [-0.25, -0.2) is 0 Å². The molecule has 20 heavy (non-hydrogen) atoms. The van der Waals surface area contributed by atoms with Crippen LogP contribution in [0.3, 0.4) is 0 Å². The minimum absolute atomic E-state index is 0.942. The molecule has 2 rings (SSSR count). The van der Waals surface area contributed by atoms with Crippen LogP contribution in [0.15, 0.2) is 24.3 Å². The van der Waals surface area contributed by atoms with Gasteiger partial charge < -0.3 is 19.9 Å². The first-order valence-corrected chi connectivity index (χ1v) is 7.75. The molecule has 1 aromatic carbocycles. The second kappa shape index (κ2) is 8.25. The molecule has 0 unspecified atom stereocenters. The van der Waals surface area contributed by atoms with E-state index in [2.05, 4.69) is 48.6 Å². The van der Waals surface area contributed by atoms with Crippen molar-refractivity contribution in [3.63, 3.8) is 0 Å². The van der Waals surface area contributed by atoms with Crippen LogP contribution in [-0.2, 0) is 11.3 Å². The molecule has 0 aliphatic carbocycles. The Labute approximate surface area is 122 Å². The summed E-state index contributed by atoms with van der Waals surface area (Å²) in [4.78, 5) is 3.85. The van der Waals surface area contributed by atoms with E-state index < -0.39 is 0 Å². The predicted octanol–water partition coefficient (Wildman–Crippen LogP) is -0.879. The van der Waals surface area contributed by atoms with Gasteiger partial charge in [-0.3, -0.25) is 0 Å². The molecule has 1 aliphatic rings. The van der Waals surface area contributed by atoms with E-state index >= 15 is 0 Å². The lowest BCUT2D eigenvalue weighted by Crippen LogP contribution is -3.14. The third kappa shape index (κ3) is 5.12. The molecular weight excluding hydrogens is 250 g/mol. The van der Waals surface area contributed by atoms with Gasteiger partial charge in [0.2, 0.25) is 0 Å². The maximum atomic E-state index is 5.38. The number of nitrogens with two attached hydrogens (primary N) is 1. The molecule has 0 aromatic heterocycles. The number of nitrogens with zero attached hydrogens (tertiary/aromatic N) is 1. The highest BCUT2D eigenvalue weighted by Gasteiger charge is 2.12. The number of rotatable bonds is 7. The van der Waals surface area contributed by atoms with E-state index in [1.54, 1.807) is 4.90 Å². The maximum Gasteiger partial charge on any atom is 0.101 e. The molecule has 0 amide bonds. The van der Waals surface area contributed by atoms with Crippen molar-refractivity contribution in [2.24, 2.45) is 0 Å². The molecule has 1 saturated heterocycles. The van der Waals surface area contributed by atoms with Crippen LogP contribution in [0, 0.1) is 0 Å². The quantitative estimate of drug-likeness (QED) is 0.636. The molecular formula is C16H29N3O+2. The fraction of sp³-hybridized carbons (Fsp3) is 0.625. The normalized spacial score (nSPS) is 16.3. The third-order valence-corrected chi connectivity index (χ3v) is 3.97. The van der Waals surface area contributed by atoms with Crippen LogP contribution in [0.4, 0.5) is 5.69 Å². The SMILES string of the molecule is CN(C)c1ccc(C[NH2+]CCC[NH+]2CCOCC2)cc1. The zero-order chi connectivity index (χ0) is 14.2. The van der Waals surface area contributed by atoms with Crippen LogP contribution >= 0.6 is 0 Å². The Morgan fingerprint density at radius 2 is 1.85 bits per heavy atom. The number of hydrogen-bond acceptors (Lipinski definition) is 2. The monoisotopic (exact) mass is 279 g/mol. The van der Waals surface area contributed by atoms with Gasteiger partial charge in [-0.15, -0.1) is 0 Å². The van der Waals surface area contributed by atoms with E-state index in [-0.39, 0.29) is 0 Å². The minimum Gasteiger partial charge on any atom is -0.378 e. The summed E-state index contributed by atoms with van der Waals surface area (Å²) >= 11 is 0. The molecule has 112 valence electrons. The summed E-state index contributed by atoms with van der Waals surface area (Å²) in [5.74, 6) is 0. The smallest absolute Gasteiger partial charge is 0.101 e. The Bertz CT molecular complexity index is 372. The highest BCUT2D eigenvalue weighted by molar-refractivity contribution is 5.45. The fourth-order valence-electron chi connectivity index (χ4n) is 2.61. The van der Waals surface area contributed by atoms with Crippen molar-refractivity contribution in [1.82, 2.24) is 0 Å². The van der Waals surface area contributed by atoms with Crippen LogP contribution in [0.25, 0.3) is 0 Å². The van der Waals surface area contributed by atoms with E-state index in [0.717, 1.165) is 19.8 Å². The molecule has 1 fully saturated rings. The van der Waals surface area contributed by atoms with E-state index in [9.17, 15) is 0 Å². The Hall–Kier alpha value is -1.10. The van der Waals surface area contributed by atoms with Crippen molar-refractivity contribution in [3.8, 4) is 0 Å². The summed E-state index contributed by atoms with van der Waals surface area (Å²) in [6, 6.07) is 8.86. The molecule has 4 nitrogen and oxygen atoms in total. The van der Waals surface area contributed by atoms with Crippen LogP contribution in [0.5, 0.6) is 0 Å². The first kappa shape index (κ1) is 15.3. The zero-order valence-corrected chi connectivity index (χ0v) is 12.9. The molecule has 0 spiro atoms. The highest BCUT2D eigenvalue weighted by atomic mass is 16.5. The summed E-state index contributed by atoms with van der Waals surface area (Å²) in [6.07, 6.45) is 1.30. The molecule has 0 atom stereocenters. The van der Waals surface area contributed by atoms with Gasteiger partial charge in [-0.2, -0.15) is 0 Å². The first-order chi connectivity index (χ1) is 9.75. The molecule has 3 N–H and O–H groups in total. The predicted molar refractivity (Wildman–Crippen MR) is 82.3 cm³/mol. The second-order valence-corrected chi connectivity index (χ2v) is 5.81. The lowest BCUT2D eigenvalue weighted by Gasteiger charge is -2.23. The minimum atomic E-state index is 0.942. The van der Waals surface area contributed by atoms with Gasteiger partial charge in [-0.1, -0.05) is 12.1 Å². The van der Waals surface area contributed by atoms with E-state index in [1.165, 1.54) is 43.9 Å². The summed E-state index contributed by atoms with van der Waals surface area (Å²) in [7, 11) is 4.16.